The number of aromatic nitrogens is 4. The summed E-state index contributed by atoms with van der Waals surface area (Å²) in [5, 5.41) is 31.2. The lowest BCUT2D eigenvalue weighted by atomic mass is 10.1. The molecule has 2 saturated heterocycles. The number of ether oxygens (including phenoxy) is 2. The van der Waals surface area contributed by atoms with Crippen molar-refractivity contribution < 1.29 is 51.9 Å². The monoisotopic (exact) mass is 1000 g/mol. The molecule has 21 heteroatoms. The molecule has 0 unspecified atom stereocenters. The van der Waals surface area contributed by atoms with Crippen LogP contribution in [0, 0.1) is 23.3 Å². The first-order valence-corrected chi connectivity index (χ1v) is 20.7. The molecule has 4 atom stereocenters. The third-order valence-corrected chi connectivity index (χ3v) is 11.0. The summed E-state index contributed by atoms with van der Waals surface area (Å²) >= 11 is 6.00. The number of benzene rings is 2. The summed E-state index contributed by atoms with van der Waals surface area (Å²) in [5.41, 5.74) is 3.73. The van der Waals surface area contributed by atoms with Gasteiger partial charge in [0.25, 0.3) is 17.0 Å². The van der Waals surface area contributed by atoms with Gasteiger partial charge in [-0.25, -0.2) is 22.4 Å². The van der Waals surface area contributed by atoms with Gasteiger partial charge in [-0.05, 0) is 61.4 Å². The Labute approximate surface area is 371 Å². The molecule has 8 rings (SSSR count). The van der Waals surface area contributed by atoms with Gasteiger partial charge in [-0.15, -0.1) is 0 Å². The number of halogens is 6. The molecule has 1 amide bonds. The maximum absolute atomic E-state index is 14.3. The molecule has 2 fully saturated rings. The van der Waals surface area contributed by atoms with Crippen molar-refractivity contribution in [2.75, 3.05) is 26.4 Å². The highest BCUT2D eigenvalue weighted by Crippen LogP contribution is 2.23. The Balaban J connectivity index is 0.000000182. The van der Waals surface area contributed by atoms with Crippen LogP contribution in [0.25, 0.3) is 21.8 Å². The number of carboxylic acids is 1. The minimum absolute atomic E-state index is 0.0306. The zero-order valence-corrected chi connectivity index (χ0v) is 36.0. The fourth-order valence-electron chi connectivity index (χ4n) is 6.67. The van der Waals surface area contributed by atoms with Crippen molar-refractivity contribution in [2.45, 2.75) is 50.2 Å². The van der Waals surface area contributed by atoms with E-state index in [2.05, 4.69) is 47.1 Å². The number of nitrogens with zero attached hydrogens (tertiary/aromatic N) is 4. The van der Waals surface area contributed by atoms with E-state index >= 15 is 0 Å². The van der Waals surface area contributed by atoms with E-state index in [1.807, 2.05) is 0 Å². The smallest absolute Gasteiger partial charge is 0.339 e. The molecule has 0 bridgehead atoms. The zero-order valence-electron chi connectivity index (χ0n) is 32.8. The molecule has 6 heterocycles. The van der Waals surface area contributed by atoms with Crippen molar-refractivity contribution in [3.63, 3.8) is 0 Å². The number of amides is 1. The van der Waals surface area contributed by atoms with E-state index in [-0.39, 0.29) is 65.7 Å². The summed E-state index contributed by atoms with van der Waals surface area (Å²) in [6.45, 7) is 0.747. The maximum atomic E-state index is 14.3. The molecule has 15 nitrogen and oxygen atoms in total. The number of aliphatic hydroxyl groups excluding tert-OH is 2. The van der Waals surface area contributed by atoms with Crippen molar-refractivity contribution in [1.82, 2.24) is 24.4 Å². The number of nitrogens with two attached hydrogens (primary N) is 1. The number of rotatable bonds is 7. The first-order chi connectivity index (χ1) is 30.0. The zero-order chi connectivity index (χ0) is 45.5. The molecule has 6 aromatic rings. The number of hydrogen-bond donors (Lipinski definition) is 5. The molecule has 0 saturated carbocycles. The normalized spacial score (nSPS) is 18.5. The van der Waals surface area contributed by atoms with E-state index in [1.165, 1.54) is 36.8 Å². The number of fused-ring (bicyclic) bond motifs is 2. The van der Waals surface area contributed by atoms with E-state index in [0.717, 1.165) is 46.0 Å². The largest absolute Gasteiger partial charge is 0.478 e. The van der Waals surface area contributed by atoms with Crippen LogP contribution in [-0.4, -0.2) is 97.0 Å². The van der Waals surface area contributed by atoms with Crippen LogP contribution in [0.5, 0.6) is 0 Å². The fourth-order valence-corrected chi connectivity index (χ4v) is 7.47. The van der Waals surface area contributed by atoms with Crippen LogP contribution in [0.4, 0.5) is 17.6 Å². The molecule has 4 aromatic heterocycles. The standard InChI is InChI=1S/C21H18BrF2N3O4.C16H9BrF2N2O3.C5H11NO2/c22-11-6-15(23)13(16(24)7-11)8-27-9-14(19-12(21(27)30)2-1-4-25-19)20(29)26-17-3-5-31-10-18(17)28;17-8-4-12(18)10(13(19)5-8)6-21-7-11(16(23)24)14-9(15(21)22)2-1-3-20-14;6-4-1-2-8-3-5(4)7/h1-2,4,6-7,9,17-18,28H,3,5,8,10H2,(H,26,29);1-5,7H,6H2,(H,23,24);4-5,7H,1-3,6H2/t17-,18-;;4-,5-/m0.0/s1. The fraction of sp³-hybridized carbons (Fsp3) is 0.286. The predicted octanol–water partition coefficient (Wildman–Crippen LogP) is 4.64. The number of pyridine rings is 4. The minimum atomic E-state index is -1.29. The second kappa shape index (κ2) is 20.8. The predicted molar refractivity (Wildman–Crippen MR) is 227 cm³/mol. The van der Waals surface area contributed by atoms with E-state index in [0.29, 0.717) is 26.2 Å². The molecule has 6 N–H and O–H groups in total. The molecule has 63 heavy (non-hydrogen) atoms. The van der Waals surface area contributed by atoms with Gasteiger partial charge in [0.1, 0.15) is 28.8 Å². The Kier molecular flexibility index (Phi) is 15.6. The summed E-state index contributed by atoms with van der Waals surface area (Å²) in [5.74, 6) is -5.15. The van der Waals surface area contributed by atoms with E-state index < -0.39 is 77.6 Å². The number of aliphatic hydroxyl groups is 2. The molecule has 2 aromatic carbocycles. The Bertz CT molecular complexity index is 2740. The first-order valence-electron chi connectivity index (χ1n) is 19.1. The summed E-state index contributed by atoms with van der Waals surface area (Å²) in [6.07, 6.45) is 4.99. The SMILES string of the molecule is N[C@H]1CCOC[C@@H]1O.O=C(N[C@H]1CCOC[C@@H]1O)c1cn(Cc2c(F)cc(Br)cc2F)c(=O)c2cccnc12.O=C(O)c1cn(Cc2c(F)cc(Br)cc2F)c(=O)c2cccnc12. The minimum Gasteiger partial charge on any atom is -0.478 e. The topological polar surface area (TPSA) is 221 Å². The van der Waals surface area contributed by atoms with Gasteiger partial charge in [0, 0.05) is 64.1 Å². The highest BCUT2D eigenvalue weighted by molar-refractivity contribution is 9.10. The average Bonchev–Trinajstić information content (AvgIpc) is 3.24. The number of carbonyl (C=O) groups is 2. The molecular weight excluding hydrogens is 968 g/mol. The molecule has 0 radical (unpaired) electrons. The van der Waals surface area contributed by atoms with Crippen LogP contribution in [0.1, 0.15) is 44.7 Å². The third kappa shape index (κ3) is 11.2. The number of carboxylic acid groups (broad SMARTS) is 1. The number of carbonyl (C=O) groups excluding carboxylic acids is 1. The van der Waals surface area contributed by atoms with Gasteiger partial charge < -0.3 is 45.0 Å². The molecule has 2 aliphatic heterocycles. The van der Waals surface area contributed by atoms with Gasteiger partial charge in [0.15, 0.2) is 0 Å². The van der Waals surface area contributed by atoms with E-state index in [4.69, 9.17) is 20.3 Å². The first kappa shape index (κ1) is 47.1. The maximum Gasteiger partial charge on any atom is 0.339 e. The Hall–Kier alpha value is -5.42. The Morgan fingerprint density at radius 2 is 1.19 bits per heavy atom. The molecule has 0 spiro atoms. The van der Waals surface area contributed by atoms with Gasteiger partial charge in [0.05, 0.1) is 71.9 Å². The quantitative estimate of drug-likeness (QED) is 0.138. The van der Waals surface area contributed by atoms with Gasteiger partial charge in [-0.1, -0.05) is 31.9 Å². The van der Waals surface area contributed by atoms with Crippen molar-refractivity contribution in [2.24, 2.45) is 5.73 Å². The third-order valence-electron chi connectivity index (χ3n) is 10.0. The lowest BCUT2D eigenvalue weighted by Crippen LogP contribution is -2.48. The Morgan fingerprint density at radius 3 is 1.62 bits per heavy atom. The number of nitrogens with one attached hydrogen (secondary N) is 1. The summed E-state index contributed by atoms with van der Waals surface area (Å²) < 4.78 is 69.2. The second-order valence-corrected chi connectivity index (χ2v) is 16.2. The summed E-state index contributed by atoms with van der Waals surface area (Å²) in [6, 6.07) is 9.70. The van der Waals surface area contributed by atoms with Crippen LogP contribution in [0.2, 0.25) is 0 Å². The van der Waals surface area contributed by atoms with E-state index in [9.17, 15) is 47.0 Å². The van der Waals surface area contributed by atoms with Gasteiger partial charge in [-0.2, -0.15) is 0 Å². The lowest BCUT2D eigenvalue weighted by Gasteiger charge is -2.28. The highest BCUT2D eigenvalue weighted by atomic mass is 79.9. The van der Waals surface area contributed by atoms with Gasteiger partial charge in [-0.3, -0.25) is 24.4 Å². The van der Waals surface area contributed by atoms with Crippen molar-refractivity contribution in [1.29, 1.82) is 0 Å². The van der Waals surface area contributed by atoms with Gasteiger partial charge >= 0.3 is 5.97 Å². The molecule has 332 valence electrons. The van der Waals surface area contributed by atoms with Crippen LogP contribution in [0.3, 0.4) is 0 Å². The van der Waals surface area contributed by atoms with Crippen LogP contribution in [-0.2, 0) is 22.6 Å². The van der Waals surface area contributed by atoms with Crippen LogP contribution < -0.4 is 22.2 Å². The number of aromatic carboxylic acids is 1. The van der Waals surface area contributed by atoms with Gasteiger partial charge in [0.2, 0.25) is 0 Å². The lowest BCUT2D eigenvalue weighted by molar-refractivity contribution is -0.0260. The second-order valence-electron chi connectivity index (χ2n) is 14.4. The molecule has 0 aliphatic carbocycles. The molecular formula is C42H38Br2F4N6O9. The highest BCUT2D eigenvalue weighted by Gasteiger charge is 2.27. The van der Waals surface area contributed by atoms with Crippen molar-refractivity contribution >= 4 is 65.5 Å². The van der Waals surface area contributed by atoms with Crippen molar-refractivity contribution in [3.8, 4) is 0 Å². The average molecular weight is 1010 g/mol. The molecule has 2 aliphatic rings. The van der Waals surface area contributed by atoms with Crippen LogP contribution >= 0.6 is 31.9 Å². The summed E-state index contributed by atoms with van der Waals surface area (Å²) in [7, 11) is 0. The van der Waals surface area contributed by atoms with E-state index in [1.54, 1.807) is 6.07 Å². The number of hydrogen-bond acceptors (Lipinski definition) is 11. The van der Waals surface area contributed by atoms with Crippen LogP contribution in [0.15, 0.2) is 91.9 Å². The van der Waals surface area contributed by atoms with Crippen molar-refractivity contribution in [3.05, 3.63) is 148 Å². The Morgan fingerprint density at radius 1 is 0.746 bits per heavy atom. The summed E-state index contributed by atoms with van der Waals surface area (Å²) in [4.78, 5) is 57.9.